The van der Waals surface area contributed by atoms with Crippen LogP contribution in [0.5, 0.6) is 0 Å². The van der Waals surface area contributed by atoms with Crippen molar-refractivity contribution in [2.24, 2.45) is 5.92 Å². The first kappa shape index (κ1) is 16.3. The molecular weight excluding hydrogens is 244 g/mol. The molecular formula is C18H36N2. The SMILES string of the molecule is CCCCCCCN1CC(C(C)C)NCC12CCCC2. The Morgan fingerprint density at radius 1 is 1.10 bits per heavy atom. The smallest absolute Gasteiger partial charge is 0.0334 e. The average molecular weight is 281 g/mol. The van der Waals surface area contributed by atoms with Gasteiger partial charge in [-0.3, -0.25) is 4.90 Å². The minimum atomic E-state index is 0.524. The van der Waals surface area contributed by atoms with Crippen LogP contribution in [0.15, 0.2) is 0 Å². The Hall–Kier alpha value is -0.0800. The molecule has 1 atom stereocenters. The van der Waals surface area contributed by atoms with Gasteiger partial charge in [0.15, 0.2) is 0 Å². The number of unbranched alkanes of at least 4 members (excludes halogenated alkanes) is 4. The van der Waals surface area contributed by atoms with E-state index in [1.165, 1.54) is 77.4 Å². The van der Waals surface area contributed by atoms with Gasteiger partial charge in [-0.25, -0.2) is 0 Å². The van der Waals surface area contributed by atoms with E-state index in [1.54, 1.807) is 0 Å². The molecule has 0 aromatic rings. The fraction of sp³-hybridized carbons (Fsp3) is 1.00. The maximum Gasteiger partial charge on any atom is 0.0334 e. The quantitative estimate of drug-likeness (QED) is 0.703. The van der Waals surface area contributed by atoms with Gasteiger partial charge in [0.05, 0.1) is 0 Å². The molecule has 0 bridgehead atoms. The molecule has 0 aromatic heterocycles. The molecule has 1 aliphatic heterocycles. The third-order valence-electron chi connectivity index (χ3n) is 5.65. The van der Waals surface area contributed by atoms with Crippen LogP contribution >= 0.6 is 0 Å². The van der Waals surface area contributed by atoms with Crippen molar-refractivity contribution in [3.63, 3.8) is 0 Å². The molecule has 20 heavy (non-hydrogen) atoms. The van der Waals surface area contributed by atoms with Crippen LogP contribution in [0.4, 0.5) is 0 Å². The van der Waals surface area contributed by atoms with Crippen molar-refractivity contribution in [3.8, 4) is 0 Å². The predicted molar refractivity (Wildman–Crippen MR) is 88.2 cm³/mol. The van der Waals surface area contributed by atoms with Gasteiger partial charge in [-0.15, -0.1) is 0 Å². The summed E-state index contributed by atoms with van der Waals surface area (Å²) < 4.78 is 0. The number of hydrogen-bond donors (Lipinski definition) is 1. The summed E-state index contributed by atoms with van der Waals surface area (Å²) in [6.45, 7) is 10.9. The van der Waals surface area contributed by atoms with Gasteiger partial charge in [0.1, 0.15) is 0 Å². The number of piperazine rings is 1. The van der Waals surface area contributed by atoms with Gasteiger partial charge in [0, 0.05) is 24.7 Å². The Morgan fingerprint density at radius 2 is 1.80 bits per heavy atom. The van der Waals surface area contributed by atoms with E-state index in [9.17, 15) is 0 Å². The van der Waals surface area contributed by atoms with Gasteiger partial charge < -0.3 is 5.32 Å². The highest BCUT2D eigenvalue weighted by Crippen LogP contribution is 2.37. The third-order valence-corrected chi connectivity index (χ3v) is 5.65. The lowest BCUT2D eigenvalue weighted by Crippen LogP contribution is -2.64. The van der Waals surface area contributed by atoms with Crippen molar-refractivity contribution in [2.45, 2.75) is 90.1 Å². The van der Waals surface area contributed by atoms with Gasteiger partial charge in [0.2, 0.25) is 0 Å². The van der Waals surface area contributed by atoms with Crippen molar-refractivity contribution in [3.05, 3.63) is 0 Å². The summed E-state index contributed by atoms with van der Waals surface area (Å²) in [5, 5.41) is 3.85. The van der Waals surface area contributed by atoms with Crippen LogP contribution in [0.1, 0.15) is 78.6 Å². The third kappa shape index (κ3) is 3.98. The van der Waals surface area contributed by atoms with Crippen molar-refractivity contribution in [1.82, 2.24) is 10.2 Å². The van der Waals surface area contributed by atoms with Crippen LogP contribution in [0.3, 0.4) is 0 Å². The minimum absolute atomic E-state index is 0.524. The first-order chi connectivity index (χ1) is 9.68. The van der Waals surface area contributed by atoms with Gasteiger partial charge >= 0.3 is 0 Å². The average Bonchev–Trinajstić information content (AvgIpc) is 2.89. The standard InChI is InChI=1S/C18H36N2/c1-4-5-6-7-10-13-20-14-17(16(2)3)19-15-18(20)11-8-9-12-18/h16-17,19H,4-15H2,1-3H3. The monoisotopic (exact) mass is 280 g/mol. The second-order valence-electron chi connectivity index (χ2n) is 7.52. The Bertz CT molecular complexity index is 269. The van der Waals surface area contributed by atoms with Gasteiger partial charge in [-0.05, 0) is 31.7 Å². The maximum atomic E-state index is 3.85. The summed E-state index contributed by atoms with van der Waals surface area (Å²) in [5.41, 5.74) is 0.524. The first-order valence-electron chi connectivity index (χ1n) is 9.16. The topological polar surface area (TPSA) is 15.3 Å². The molecule has 118 valence electrons. The molecule has 1 saturated carbocycles. The molecule has 2 fully saturated rings. The van der Waals surface area contributed by atoms with Crippen LogP contribution in [0.25, 0.3) is 0 Å². The maximum absolute atomic E-state index is 3.85. The van der Waals surface area contributed by atoms with E-state index in [0.717, 1.165) is 5.92 Å². The number of nitrogens with zero attached hydrogens (tertiary/aromatic N) is 1. The summed E-state index contributed by atoms with van der Waals surface area (Å²) in [5.74, 6) is 0.761. The summed E-state index contributed by atoms with van der Waals surface area (Å²) in [6, 6.07) is 0.705. The van der Waals surface area contributed by atoms with Crippen LogP contribution in [0, 0.1) is 5.92 Å². The lowest BCUT2D eigenvalue weighted by Gasteiger charge is -2.49. The zero-order valence-electron chi connectivity index (χ0n) is 14.1. The molecule has 1 spiro atoms. The van der Waals surface area contributed by atoms with Crippen molar-refractivity contribution >= 4 is 0 Å². The summed E-state index contributed by atoms with van der Waals surface area (Å²) >= 11 is 0. The van der Waals surface area contributed by atoms with E-state index >= 15 is 0 Å². The molecule has 1 heterocycles. The van der Waals surface area contributed by atoms with Crippen LogP contribution in [-0.2, 0) is 0 Å². The normalized spacial score (nSPS) is 26.7. The molecule has 0 radical (unpaired) electrons. The Kier molecular flexibility index (Phi) is 6.35. The summed E-state index contributed by atoms with van der Waals surface area (Å²) in [6.07, 6.45) is 12.8. The van der Waals surface area contributed by atoms with Gasteiger partial charge in [-0.2, -0.15) is 0 Å². The van der Waals surface area contributed by atoms with Crippen molar-refractivity contribution in [1.29, 1.82) is 0 Å². The number of nitrogens with one attached hydrogen (secondary N) is 1. The highest BCUT2D eigenvalue weighted by molar-refractivity contribution is 5.02. The summed E-state index contributed by atoms with van der Waals surface area (Å²) in [4.78, 5) is 2.88. The molecule has 2 rings (SSSR count). The molecule has 2 nitrogen and oxygen atoms in total. The van der Waals surface area contributed by atoms with E-state index < -0.39 is 0 Å². The molecule has 1 saturated heterocycles. The number of rotatable bonds is 7. The van der Waals surface area contributed by atoms with E-state index in [0.29, 0.717) is 11.6 Å². The van der Waals surface area contributed by atoms with Crippen LogP contribution < -0.4 is 5.32 Å². The Balaban J connectivity index is 1.85. The summed E-state index contributed by atoms with van der Waals surface area (Å²) in [7, 11) is 0. The lowest BCUT2D eigenvalue weighted by molar-refractivity contribution is 0.0316. The highest BCUT2D eigenvalue weighted by Gasteiger charge is 2.43. The van der Waals surface area contributed by atoms with Crippen molar-refractivity contribution < 1.29 is 0 Å². The zero-order valence-corrected chi connectivity index (χ0v) is 14.1. The molecule has 1 aliphatic carbocycles. The largest absolute Gasteiger partial charge is 0.311 e. The fourth-order valence-electron chi connectivity index (χ4n) is 4.14. The Morgan fingerprint density at radius 3 is 2.45 bits per heavy atom. The molecule has 0 aromatic carbocycles. The number of hydrogen-bond acceptors (Lipinski definition) is 2. The highest BCUT2D eigenvalue weighted by atomic mass is 15.3. The molecule has 2 aliphatic rings. The Labute approximate surface area is 126 Å². The first-order valence-corrected chi connectivity index (χ1v) is 9.16. The van der Waals surface area contributed by atoms with Crippen molar-refractivity contribution in [2.75, 3.05) is 19.6 Å². The van der Waals surface area contributed by atoms with E-state index in [2.05, 4.69) is 31.0 Å². The van der Waals surface area contributed by atoms with Gasteiger partial charge in [0.25, 0.3) is 0 Å². The predicted octanol–water partition coefficient (Wildman–Crippen LogP) is 4.20. The zero-order chi connectivity index (χ0) is 14.4. The second-order valence-corrected chi connectivity index (χ2v) is 7.52. The van der Waals surface area contributed by atoms with E-state index in [4.69, 9.17) is 0 Å². The second kappa shape index (κ2) is 7.79. The van der Waals surface area contributed by atoms with E-state index in [-0.39, 0.29) is 0 Å². The van der Waals surface area contributed by atoms with Crippen LogP contribution in [0.2, 0.25) is 0 Å². The van der Waals surface area contributed by atoms with Gasteiger partial charge in [-0.1, -0.05) is 59.3 Å². The molecule has 2 heteroatoms. The molecule has 0 amide bonds. The lowest BCUT2D eigenvalue weighted by atomic mass is 9.88. The fourth-order valence-corrected chi connectivity index (χ4v) is 4.14. The molecule has 1 unspecified atom stereocenters. The molecule has 1 N–H and O–H groups in total. The van der Waals surface area contributed by atoms with E-state index in [1.807, 2.05) is 0 Å². The minimum Gasteiger partial charge on any atom is -0.311 e. The van der Waals surface area contributed by atoms with Crippen LogP contribution in [-0.4, -0.2) is 36.1 Å².